The minimum absolute atomic E-state index is 0.0505. The van der Waals surface area contributed by atoms with Crippen LogP contribution < -0.4 is 0 Å². The highest BCUT2D eigenvalue weighted by Crippen LogP contribution is 2.32. The summed E-state index contributed by atoms with van der Waals surface area (Å²) in [6, 6.07) is 7.81. The molecule has 5 heteroatoms. The molecule has 2 rings (SSSR count). The van der Waals surface area contributed by atoms with Crippen molar-refractivity contribution in [1.29, 1.82) is 0 Å². The lowest BCUT2D eigenvalue weighted by Crippen LogP contribution is -2.42. The van der Waals surface area contributed by atoms with E-state index in [4.69, 9.17) is 16.7 Å². The van der Waals surface area contributed by atoms with Crippen molar-refractivity contribution in [2.24, 2.45) is 11.8 Å². The van der Waals surface area contributed by atoms with Gasteiger partial charge in [0.05, 0.1) is 5.92 Å². The zero-order valence-corrected chi connectivity index (χ0v) is 15.3. The molecular formula is C19H26ClNO3. The Kier molecular flexibility index (Phi) is 6.27. The number of aliphatic carboxylic acids is 1. The Bertz CT molecular complexity index is 579. The number of hydrogen-bond donors (Lipinski definition) is 1. The van der Waals surface area contributed by atoms with E-state index in [-0.39, 0.29) is 29.7 Å². The molecular weight excluding hydrogens is 326 g/mol. The van der Waals surface area contributed by atoms with Gasteiger partial charge in [0.25, 0.3) is 0 Å². The number of nitrogens with zero attached hydrogens (tertiary/aromatic N) is 1. The number of halogens is 1. The summed E-state index contributed by atoms with van der Waals surface area (Å²) < 4.78 is 0. The maximum absolute atomic E-state index is 12.8. The Balaban J connectivity index is 1.97. The van der Waals surface area contributed by atoms with E-state index in [0.717, 1.165) is 5.56 Å². The highest BCUT2D eigenvalue weighted by Gasteiger charge is 2.33. The third-order valence-electron chi connectivity index (χ3n) is 5.50. The van der Waals surface area contributed by atoms with E-state index in [2.05, 4.69) is 13.8 Å². The molecule has 0 saturated heterocycles. The van der Waals surface area contributed by atoms with Gasteiger partial charge in [0, 0.05) is 29.9 Å². The van der Waals surface area contributed by atoms with Gasteiger partial charge in [-0.2, -0.15) is 0 Å². The van der Waals surface area contributed by atoms with E-state index in [1.807, 2.05) is 36.2 Å². The van der Waals surface area contributed by atoms with Gasteiger partial charge in [0.1, 0.15) is 0 Å². The van der Waals surface area contributed by atoms with E-state index < -0.39 is 5.97 Å². The van der Waals surface area contributed by atoms with Crippen molar-refractivity contribution in [3.05, 3.63) is 34.9 Å². The maximum Gasteiger partial charge on any atom is 0.306 e. The molecule has 0 bridgehead atoms. The van der Waals surface area contributed by atoms with Gasteiger partial charge in [-0.1, -0.05) is 30.7 Å². The van der Waals surface area contributed by atoms with E-state index >= 15 is 0 Å². The van der Waals surface area contributed by atoms with Crippen LogP contribution >= 0.6 is 11.6 Å². The first-order chi connectivity index (χ1) is 11.3. The van der Waals surface area contributed by atoms with Gasteiger partial charge < -0.3 is 10.0 Å². The van der Waals surface area contributed by atoms with Gasteiger partial charge in [-0.05, 0) is 50.3 Å². The summed E-state index contributed by atoms with van der Waals surface area (Å²) >= 11 is 5.94. The summed E-state index contributed by atoms with van der Waals surface area (Å²) in [4.78, 5) is 25.6. The molecule has 2 atom stereocenters. The Morgan fingerprint density at radius 3 is 2.08 bits per heavy atom. The van der Waals surface area contributed by atoms with Gasteiger partial charge in [-0.3, -0.25) is 9.59 Å². The molecule has 0 radical (unpaired) electrons. The van der Waals surface area contributed by atoms with Crippen molar-refractivity contribution in [2.75, 3.05) is 7.05 Å². The lowest BCUT2D eigenvalue weighted by molar-refractivity contribution is -0.145. The summed E-state index contributed by atoms with van der Waals surface area (Å²) in [6.07, 6.45) is 2.53. The number of likely N-dealkylation sites (N-methyl/N-ethyl adjacent to an activating group) is 1. The van der Waals surface area contributed by atoms with Crippen molar-refractivity contribution in [3.8, 4) is 0 Å². The lowest BCUT2D eigenvalue weighted by Gasteiger charge is -2.35. The minimum Gasteiger partial charge on any atom is -0.481 e. The van der Waals surface area contributed by atoms with Crippen LogP contribution in [-0.2, 0) is 9.59 Å². The highest BCUT2D eigenvalue weighted by molar-refractivity contribution is 6.30. The standard InChI is InChI=1S/C19H26ClNO3/c1-12(14-8-10-17(20)11-9-14)13(2)21(3)18(22)15-4-6-16(7-5-15)19(23)24/h8-13,15-16H,4-7H2,1-3H3,(H,23,24). The molecule has 1 saturated carbocycles. The molecule has 1 amide bonds. The highest BCUT2D eigenvalue weighted by atomic mass is 35.5. The average molecular weight is 352 g/mol. The molecule has 0 heterocycles. The molecule has 2 unspecified atom stereocenters. The second-order valence-electron chi connectivity index (χ2n) is 6.92. The quantitative estimate of drug-likeness (QED) is 0.865. The molecule has 1 aliphatic carbocycles. The van der Waals surface area contributed by atoms with Crippen molar-refractivity contribution in [2.45, 2.75) is 51.5 Å². The number of hydrogen-bond acceptors (Lipinski definition) is 2. The van der Waals surface area contributed by atoms with Crippen molar-refractivity contribution in [1.82, 2.24) is 4.90 Å². The Morgan fingerprint density at radius 1 is 1.08 bits per heavy atom. The fourth-order valence-corrected chi connectivity index (χ4v) is 3.58. The number of carbonyl (C=O) groups is 2. The zero-order chi connectivity index (χ0) is 17.9. The largest absolute Gasteiger partial charge is 0.481 e. The van der Waals surface area contributed by atoms with Crippen LogP contribution in [0.1, 0.15) is 51.0 Å². The molecule has 132 valence electrons. The van der Waals surface area contributed by atoms with Crippen molar-refractivity contribution < 1.29 is 14.7 Å². The minimum atomic E-state index is -0.737. The monoisotopic (exact) mass is 351 g/mol. The summed E-state index contributed by atoms with van der Waals surface area (Å²) in [5, 5.41) is 9.78. The number of carbonyl (C=O) groups excluding carboxylic acids is 1. The first-order valence-electron chi connectivity index (χ1n) is 8.56. The van der Waals surface area contributed by atoms with Crippen LogP contribution in [0.5, 0.6) is 0 Å². The predicted octanol–water partition coefficient (Wildman–Crippen LogP) is 4.18. The zero-order valence-electron chi connectivity index (χ0n) is 14.5. The second kappa shape index (κ2) is 8.02. The van der Waals surface area contributed by atoms with E-state index in [1.54, 1.807) is 0 Å². The first-order valence-corrected chi connectivity index (χ1v) is 8.94. The maximum atomic E-state index is 12.8. The van der Waals surface area contributed by atoms with Gasteiger partial charge in [0.15, 0.2) is 0 Å². The van der Waals surface area contributed by atoms with E-state index in [1.165, 1.54) is 0 Å². The van der Waals surface area contributed by atoms with Gasteiger partial charge >= 0.3 is 5.97 Å². The number of amides is 1. The second-order valence-corrected chi connectivity index (χ2v) is 7.35. The van der Waals surface area contributed by atoms with Gasteiger partial charge in [-0.25, -0.2) is 0 Å². The Labute approximate surface area is 148 Å². The number of rotatable bonds is 5. The molecule has 1 aromatic carbocycles. The third kappa shape index (κ3) is 4.29. The number of benzene rings is 1. The molecule has 1 aliphatic rings. The van der Waals surface area contributed by atoms with Crippen LogP contribution in [0.15, 0.2) is 24.3 Å². The first kappa shape index (κ1) is 18.8. The topological polar surface area (TPSA) is 57.6 Å². The predicted molar refractivity (Wildman–Crippen MR) is 95.2 cm³/mol. The number of carboxylic acid groups (broad SMARTS) is 1. The average Bonchev–Trinajstić information content (AvgIpc) is 2.60. The Hall–Kier alpha value is -1.55. The molecule has 0 aromatic heterocycles. The molecule has 24 heavy (non-hydrogen) atoms. The molecule has 1 fully saturated rings. The molecule has 1 N–H and O–H groups in total. The fraction of sp³-hybridized carbons (Fsp3) is 0.579. The van der Waals surface area contributed by atoms with Crippen molar-refractivity contribution in [3.63, 3.8) is 0 Å². The molecule has 0 aliphatic heterocycles. The van der Waals surface area contributed by atoms with Crippen LogP contribution in [0.25, 0.3) is 0 Å². The lowest BCUT2D eigenvalue weighted by atomic mass is 9.81. The Morgan fingerprint density at radius 2 is 1.58 bits per heavy atom. The van der Waals surface area contributed by atoms with Crippen LogP contribution in [0.3, 0.4) is 0 Å². The summed E-state index contributed by atoms with van der Waals surface area (Å²) in [5.74, 6) is -0.743. The number of carboxylic acids is 1. The van der Waals surface area contributed by atoms with Crippen LogP contribution in [0.2, 0.25) is 5.02 Å². The normalized spacial score (nSPS) is 23.3. The third-order valence-corrected chi connectivity index (χ3v) is 5.76. The molecule has 0 spiro atoms. The fourth-order valence-electron chi connectivity index (χ4n) is 3.46. The summed E-state index contributed by atoms with van der Waals surface area (Å²) in [5.41, 5.74) is 1.15. The van der Waals surface area contributed by atoms with Crippen molar-refractivity contribution >= 4 is 23.5 Å². The molecule has 1 aromatic rings. The van der Waals surface area contributed by atoms with Crippen LogP contribution in [-0.4, -0.2) is 35.0 Å². The smallest absolute Gasteiger partial charge is 0.306 e. The summed E-state index contributed by atoms with van der Waals surface area (Å²) in [6.45, 7) is 4.17. The van der Waals surface area contributed by atoms with E-state index in [9.17, 15) is 9.59 Å². The van der Waals surface area contributed by atoms with Gasteiger partial charge in [-0.15, -0.1) is 0 Å². The summed E-state index contributed by atoms with van der Waals surface area (Å²) in [7, 11) is 1.85. The SMILES string of the molecule is CC(c1ccc(Cl)cc1)C(C)N(C)C(=O)C1CCC(C(=O)O)CC1. The van der Waals surface area contributed by atoms with Gasteiger partial charge in [0.2, 0.25) is 5.91 Å². The van der Waals surface area contributed by atoms with Crippen LogP contribution in [0.4, 0.5) is 0 Å². The van der Waals surface area contributed by atoms with Crippen LogP contribution in [0, 0.1) is 11.8 Å². The molecule has 4 nitrogen and oxygen atoms in total. The van der Waals surface area contributed by atoms with E-state index in [0.29, 0.717) is 30.7 Å².